The van der Waals surface area contributed by atoms with E-state index in [1.54, 1.807) is 21.2 Å². The van der Waals surface area contributed by atoms with E-state index in [1.165, 1.54) is 4.90 Å². The molecule has 0 unspecified atom stereocenters. The number of benzene rings is 1. The van der Waals surface area contributed by atoms with E-state index in [1.807, 2.05) is 31.2 Å². The molecule has 2 N–H and O–H groups in total. The molecular weight excluding hydrogens is 360 g/mol. The molecule has 1 rings (SSSR count). The van der Waals surface area contributed by atoms with E-state index in [9.17, 15) is 4.79 Å². The number of methoxy groups -OCH3 is 1. The number of hydrogen-bond acceptors (Lipinski definition) is 5. The SMILES string of the molecule is CCOCCCNC(=NCC(=O)N(C)C)Nc1cccc(OCCCOC)c1. The summed E-state index contributed by atoms with van der Waals surface area (Å²) in [5.41, 5.74) is 0.831. The second-order valence-electron chi connectivity index (χ2n) is 6.28. The van der Waals surface area contributed by atoms with E-state index >= 15 is 0 Å². The molecule has 1 amide bonds. The molecule has 0 aliphatic rings. The van der Waals surface area contributed by atoms with Crippen LogP contribution in [0.4, 0.5) is 5.69 Å². The third-order valence-electron chi connectivity index (χ3n) is 3.69. The number of guanidine groups is 1. The van der Waals surface area contributed by atoms with E-state index in [-0.39, 0.29) is 12.5 Å². The summed E-state index contributed by atoms with van der Waals surface area (Å²) in [7, 11) is 5.10. The molecule has 0 aliphatic carbocycles. The Kier molecular flexibility index (Phi) is 12.5. The molecule has 0 bridgehead atoms. The molecule has 0 radical (unpaired) electrons. The Morgan fingerprint density at radius 3 is 2.71 bits per heavy atom. The van der Waals surface area contributed by atoms with Crippen LogP contribution >= 0.6 is 0 Å². The zero-order valence-corrected chi connectivity index (χ0v) is 17.5. The summed E-state index contributed by atoms with van der Waals surface area (Å²) >= 11 is 0. The van der Waals surface area contributed by atoms with Crippen molar-refractivity contribution in [3.63, 3.8) is 0 Å². The molecule has 0 fully saturated rings. The topological polar surface area (TPSA) is 84.4 Å². The van der Waals surface area contributed by atoms with Gasteiger partial charge in [-0.15, -0.1) is 0 Å². The number of amides is 1. The fourth-order valence-corrected chi connectivity index (χ4v) is 2.15. The molecule has 0 saturated carbocycles. The summed E-state index contributed by atoms with van der Waals surface area (Å²) in [5.74, 6) is 1.25. The van der Waals surface area contributed by atoms with Gasteiger partial charge in [-0.2, -0.15) is 0 Å². The van der Waals surface area contributed by atoms with Crippen molar-refractivity contribution in [3.05, 3.63) is 24.3 Å². The van der Waals surface area contributed by atoms with Crippen LogP contribution in [0.1, 0.15) is 19.8 Å². The zero-order valence-electron chi connectivity index (χ0n) is 17.5. The van der Waals surface area contributed by atoms with E-state index in [0.717, 1.165) is 24.3 Å². The highest BCUT2D eigenvalue weighted by atomic mass is 16.5. The minimum absolute atomic E-state index is 0.0642. The van der Waals surface area contributed by atoms with Crippen LogP contribution in [-0.2, 0) is 14.3 Å². The first-order chi connectivity index (χ1) is 13.6. The number of nitrogens with one attached hydrogen (secondary N) is 2. The maximum Gasteiger partial charge on any atom is 0.243 e. The average molecular weight is 395 g/mol. The van der Waals surface area contributed by atoms with Gasteiger partial charge in [0.1, 0.15) is 12.3 Å². The van der Waals surface area contributed by atoms with Gasteiger partial charge in [0.15, 0.2) is 5.96 Å². The highest BCUT2D eigenvalue weighted by Gasteiger charge is 2.06. The van der Waals surface area contributed by atoms with Crippen molar-refractivity contribution in [2.45, 2.75) is 19.8 Å². The highest BCUT2D eigenvalue weighted by Crippen LogP contribution is 2.17. The van der Waals surface area contributed by atoms with Gasteiger partial charge < -0.3 is 29.7 Å². The maximum atomic E-state index is 11.9. The first-order valence-corrected chi connectivity index (χ1v) is 9.61. The van der Waals surface area contributed by atoms with Gasteiger partial charge in [0, 0.05) is 65.7 Å². The van der Waals surface area contributed by atoms with Crippen LogP contribution in [0.15, 0.2) is 29.3 Å². The molecule has 0 saturated heterocycles. The molecule has 0 aliphatic heterocycles. The normalized spacial score (nSPS) is 11.2. The van der Waals surface area contributed by atoms with Crippen LogP contribution in [0.5, 0.6) is 5.75 Å². The van der Waals surface area contributed by atoms with Crippen molar-refractivity contribution in [3.8, 4) is 5.75 Å². The summed E-state index contributed by atoms with van der Waals surface area (Å²) in [6.45, 7) is 5.37. The standard InChI is InChI=1S/C20H34N4O4/c1-5-27-13-7-11-21-20(22-16-19(25)24(2)3)23-17-9-6-10-18(15-17)28-14-8-12-26-4/h6,9-10,15H,5,7-8,11-14,16H2,1-4H3,(H2,21,22,23). The molecule has 8 nitrogen and oxygen atoms in total. The van der Waals surface area contributed by atoms with Gasteiger partial charge in [0.05, 0.1) is 6.61 Å². The van der Waals surface area contributed by atoms with Crippen LogP contribution in [-0.4, -0.2) is 77.5 Å². The number of carbonyl (C=O) groups is 1. The summed E-state index contributed by atoms with van der Waals surface area (Å²) in [4.78, 5) is 17.8. The lowest BCUT2D eigenvalue weighted by molar-refractivity contribution is -0.127. The predicted octanol–water partition coefficient (Wildman–Crippen LogP) is 1.97. The number of rotatable bonds is 13. The van der Waals surface area contributed by atoms with Crippen molar-refractivity contribution in [1.82, 2.24) is 10.2 Å². The van der Waals surface area contributed by atoms with E-state index in [2.05, 4.69) is 15.6 Å². The Labute approximate surface area is 168 Å². The largest absolute Gasteiger partial charge is 0.493 e. The summed E-state index contributed by atoms with van der Waals surface area (Å²) in [6, 6.07) is 7.64. The number of aliphatic imine (C=N–C) groups is 1. The van der Waals surface area contributed by atoms with E-state index < -0.39 is 0 Å². The first-order valence-electron chi connectivity index (χ1n) is 9.61. The molecule has 0 heterocycles. The van der Waals surface area contributed by atoms with E-state index in [0.29, 0.717) is 38.9 Å². The lowest BCUT2D eigenvalue weighted by Gasteiger charge is -2.15. The van der Waals surface area contributed by atoms with Crippen molar-refractivity contribution in [2.75, 3.05) is 66.0 Å². The zero-order chi connectivity index (χ0) is 20.6. The van der Waals surface area contributed by atoms with Gasteiger partial charge in [0.25, 0.3) is 0 Å². The van der Waals surface area contributed by atoms with Crippen molar-refractivity contribution in [1.29, 1.82) is 0 Å². The van der Waals surface area contributed by atoms with Crippen LogP contribution in [0.25, 0.3) is 0 Å². The predicted molar refractivity (Wildman–Crippen MR) is 112 cm³/mol. The third-order valence-corrected chi connectivity index (χ3v) is 3.69. The number of ether oxygens (including phenoxy) is 3. The molecule has 158 valence electrons. The Morgan fingerprint density at radius 1 is 1.18 bits per heavy atom. The molecule has 0 atom stereocenters. The van der Waals surface area contributed by atoms with Gasteiger partial charge in [-0.1, -0.05) is 6.07 Å². The maximum absolute atomic E-state index is 11.9. The number of hydrogen-bond donors (Lipinski definition) is 2. The summed E-state index contributed by atoms with van der Waals surface area (Å²) < 4.78 is 16.1. The van der Waals surface area contributed by atoms with Crippen LogP contribution in [0.3, 0.4) is 0 Å². The van der Waals surface area contributed by atoms with E-state index in [4.69, 9.17) is 14.2 Å². The van der Waals surface area contributed by atoms with Crippen LogP contribution in [0.2, 0.25) is 0 Å². The second-order valence-corrected chi connectivity index (χ2v) is 6.28. The van der Waals surface area contributed by atoms with Gasteiger partial charge in [0.2, 0.25) is 5.91 Å². The second kappa shape index (κ2) is 14.7. The average Bonchev–Trinajstić information content (AvgIpc) is 2.69. The van der Waals surface area contributed by atoms with Gasteiger partial charge >= 0.3 is 0 Å². The minimum atomic E-state index is -0.0642. The molecule has 8 heteroatoms. The van der Waals surface area contributed by atoms with Crippen molar-refractivity contribution in [2.24, 2.45) is 4.99 Å². The lowest BCUT2D eigenvalue weighted by atomic mass is 10.3. The molecule has 28 heavy (non-hydrogen) atoms. The fraction of sp³-hybridized carbons (Fsp3) is 0.600. The molecule has 0 spiro atoms. The van der Waals surface area contributed by atoms with Gasteiger partial charge in [-0.05, 0) is 25.5 Å². The van der Waals surface area contributed by atoms with Crippen molar-refractivity contribution < 1.29 is 19.0 Å². The fourth-order valence-electron chi connectivity index (χ4n) is 2.15. The summed E-state index contributed by atoms with van der Waals surface area (Å²) in [6.07, 6.45) is 1.67. The first kappa shape index (κ1) is 23.7. The minimum Gasteiger partial charge on any atom is -0.493 e. The number of likely N-dealkylation sites (N-methyl/N-ethyl adjacent to an activating group) is 1. The Balaban J connectivity index is 2.67. The molecular formula is C20H34N4O4. The monoisotopic (exact) mass is 394 g/mol. The van der Waals surface area contributed by atoms with Gasteiger partial charge in [-0.3, -0.25) is 4.79 Å². The number of nitrogens with zero attached hydrogens (tertiary/aromatic N) is 2. The van der Waals surface area contributed by atoms with Crippen molar-refractivity contribution >= 4 is 17.6 Å². The third kappa shape index (κ3) is 10.7. The molecule has 1 aromatic rings. The Bertz CT molecular complexity index is 593. The lowest BCUT2D eigenvalue weighted by Crippen LogP contribution is -2.34. The van der Waals surface area contributed by atoms with Crippen LogP contribution < -0.4 is 15.4 Å². The smallest absolute Gasteiger partial charge is 0.243 e. The quantitative estimate of drug-likeness (QED) is 0.302. The molecule has 1 aromatic carbocycles. The number of carbonyl (C=O) groups excluding carboxylic acids is 1. The summed E-state index contributed by atoms with van der Waals surface area (Å²) in [5, 5.41) is 6.46. The highest BCUT2D eigenvalue weighted by molar-refractivity contribution is 5.95. The van der Waals surface area contributed by atoms with Gasteiger partial charge in [-0.25, -0.2) is 4.99 Å². The Hall–Kier alpha value is -2.32. The molecule has 0 aromatic heterocycles. The Morgan fingerprint density at radius 2 is 2.00 bits per heavy atom. The van der Waals surface area contributed by atoms with Crippen LogP contribution in [0, 0.1) is 0 Å². The number of anilines is 1.